The lowest BCUT2D eigenvalue weighted by Crippen LogP contribution is -2.28. The van der Waals surface area contributed by atoms with Gasteiger partial charge in [0.15, 0.2) is 5.69 Å². The first kappa shape index (κ1) is 14.3. The molecule has 118 valence electrons. The molecule has 0 bridgehead atoms. The van der Waals surface area contributed by atoms with E-state index in [1.165, 1.54) is 0 Å². The molecule has 0 fully saturated rings. The molecule has 6 nitrogen and oxygen atoms in total. The lowest BCUT2D eigenvalue weighted by Gasteiger charge is -2.28. The fourth-order valence-electron chi connectivity index (χ4n) is 2.89. The van der Waals surface area contributed by atoms with Crippen LogP contribution in [0.1, 0.15) is 5.69 Å². The molecule has 2 aromatic carbocycles. The maximum atomic E-state index is 9.12. The van der Waals surface area contributed by atoms with Crippen molar-refractivity contribution in [2.45, 2.75) is 0 Å². The van der Waals surface area contributed by atoms with E-state index in [1.807, 2.05) is 30.3 Å². The number of ether oxygens (including phenoxy) is 1. The van der Waals surface area contributed by atoms with Crippen molar-refractivity contribution in [1.29, 1.82) is 5.26 Å². The Morgan fingerprint density at radius 3 is 2.83 bits per heavy atom. The average molecular weight is 317 g/mol. The van der Waals surface area contributed by atoms with Crippen LogP contribution in [-0.4, -0.2) is 35.6 Å². The molecule has 1 aromatic heterocycles. The van der Waals surface area contributed by atoms with Crippen LogP contribution in [0.25, 0.3) is 22.4 Å². The van der Waals surface area contributed by atoms with Gasteiger partial charge in [-0.2, -0.15) is 15.6 Å². The normalized spacial score (nSPS) is 13.1. The van der Waals surface area contributed by atoms with Crippen molar-refractivity contribution in [1.82, 2.24) is 15.4 Å². The molecular formula is C18H15N5O. The summed E-state index contributed by atoms with van der Waals surface area (Å²) in [4.78, 5) is 2.19. The van der Waals surface area contributed by atoms with Gasteiger partial charge in [0.25, 0.3) is 0 Å². The Balaban J connectivity index is 1.76. The van der Waals surface area contributed by atoms with Crippen molar-refractivity contribution in [3.63, 3.8) is 0 Å². The zero-order valence-corrected chi connectivity index (χ0v) is 13.2. The maximum absolute atomic E-state index is 9.12. The summed E-state index contributed by atoms with van der Waals surface area (Å²) in [5.74, 6) is 0.894. The van der Waals surface area contributed by atoms with Crippen LogP contribution >= 0.6 is 0 Å². The van der Waals surface area contributed by atoms with Crippen LogP contribution in [-0.2, 0) is 0 Å². The van der Waals surface area contributed by atoms with Gasteiger partial charge >= 0.3 is 0 Å². The zero-order valence-electron chi connectivity index (χ0n) is 13.2. The van der Waals surface area contributed by atoms with Crippen LogP contribution in [0.2, 0.25) is 0 Å². The highest BCUT2D eigenvalue weighted by Gasteiger charge is 2.16. The summed E-state index contributed by atoms with van der Waals surface area (Å²) < 4.78 is 5.78. The minimum Gasteiger partial charge on any atom is -0.490 e. The predicted octanol–water partition coefficient (Wildman–Crippen LogP) is 2.84. The Morgan fingerprint density at radius 2 is 1.96 bits per heavy atom. The Labute approximate surface area is 139 Å². The molecule has 0 amide bonds. The first-order valence-electron chi connectivity index (χ1n) is 7.66. The molecule has 1 N–H and O–H groups in total. The monoisotopic (exact) mass is 317 g/mol. The van der Waals surface area contributed by atoms with Crippen LogP contribution < -0.4 is 9.64 Å². The van der Waals surface area contributed by atoms with Crippen molar-refractivity contribution >= 4 is 5.69 Å². The second-order valence-electron chi connectivity index (χ2n) is 5.67. The van der Waals surface area contributed by atoms with Crippen molar-refractivity contribution in [3.8, 4) is 34.2 Å². The molecule has 1 aliphatic rings. The van der Waals surface area contributed by atoms with Crippen molar-refractivity contribution < 1.29 is 4.74 Å². The second-order valence-corrected chi connectivity index (χ2v) is 5.67. The van der Waals surface area contributed by atoms with Gasteiger partial charge in [0.05, 0.1) is 12.2 Å². The van der Waals surface area contributed by atoms with Gasteiger partial charge < -0.3 is 9.64 Å². The molecule has 3 aromatic rings. The maximum Gasteiger partial charge on any atom is 0.190 e. The Bertz CT molecular complexity index is 941. The van der Waals surface area contributed by atoms with Crippen LogP contribution in [0.5, 0.6) is 5.75 Å². The summed E-state index contributed by atoms with van der Waals surface area (Å²) in [6.07, 6.45) is 0. The van der Waals surface area contributed by atoms with E-state index in [1.54, 1.807) is 0 Å². The molecule has 0 radical (unpaired) electrons. The molecule has 0 atom stereocenters. The summed E-state index contributed by atoms with van der Waals surface area (Å²) in [6.45, 7) is 1.59. The molecule has 4 rings (SSSR count). The summed E-state index contributed by atoms with van der Waals surface area (Å²) >= 11 is 0. The number of hydrogen-bond donors (Lipinski definition) is 1. The van der Waals surface area contributed by atoms with Gasteiger partial charge in [-0.05, 0) is 29.3 Å². The Morgan fingerprint density at radius 1 is 1.12 bits per heavy atom. The van der Waals surface area contributed by atoms with Crippen LogP contribution in [0.3, 0.4) is 0 Å². The summed E-state index contributed by atoms with van der Waals surface area (Å²) in [5, 5.41) is 19.6. The molecule has 0 saturated carbocycles. The lowest BCUT2D eigenvalue weighted by atomic mass is 10.00. The lowest BCUT2D eigenvalue weighted by molar-refractivity contribution is 0.311. The zero-order chi connectivity index (χ0) is 16.5. The summed E-state index contributed by atoms with van der Waals surface area (Å²) in [6, 6.07) is 16.2. The number of benzene rings is 2. The molecular weight excluding hydrogens is 302 g/mol. The minimum absolute atomic E-state index is 0.294. The number of aromatic amines is 1. The number of aromatic nitrogens is 3. The van der Waals surface area contributed by atoms with E-state index >= 15 is 0 Å². The highest BCUT2D eigenvalue weighted by molar-refractivity contribution is 5.76. The van der Waals surface area contributed by atoms with E-state index in [4.69, 9.17) is 10.00 Å². The number of H-pyrrole nitrogens is 1. The van der Waals surface area contributed by atoms with Gasteiger partial charge in [-0.1, -0.05) is 24.3 Å². The van der Waals surface area contributed by atoms with Crippen LogP contribution in [0, 0.1) is 11.3 Å². The van der Waals surface area contributed by atoms with Crippen molar-refractivity contribution in [2.24, 2.45) is 0 Å². The second kappa shape index (κ2) is 5.70. The first-order chi connectivity index (χ1) is 11.8. The summed E-state index contributed by atoms with van der Waals surface area (Å²) in [5.41, 5.74) is 4.92. The number of nitrogens with one attached hydrogen (secondary N) is 1. The molecule has 24 heavy (non-hydrogen) atoms. The topological polar surface area (TPSA) is 77.8 Å². The van der Waals surface area contributed by atoms with Crippen LogP contribution in [0.4, 0.5) is 5.69 Å². The third-order valence-corrected chi connectivity index (χ3v) is 4.18. The minimum atomic E-state index is 0.294. The SMILES string of the molecule is CN1CCOc2cc(-c3cccc(-c4n[nH]nc4C#N)c3)ccc21. The third-order valence-electron chi connectivity index (χ3n) is 4.18. The van der Waals surface area contributed by atoms with Crippen molar-refractivity contribution in [3.05, 3.63) is 48.2 Å². The fraction of sp³-hybridized carbons (Fsp3) is 0.167. The van der Waals surface area contributed by atoms with E-state index in [9.17, 15) is 0 Å². The number of nitriles is 1. The molecule has 0 spiro atoms. The number of anilines is 1. The molecule has 0 aliphatic carbocycles. The standard InChI is InChI=1S/C18H15N5O/c1-23-7-8-24-17-10-13(5-6-16(17)23)12-3-2-4-14(9-12)18-15(11-19)20-22-21-18/h2-6,9-10H,7-8H2,1H3,(H,20,21,22). The highest BCUT2D eigenvalue weighted by atomic mass is 16.5. The Kier molecular flexibility index (Phi) is 3.39. The van der Waals surface area contributed by atoms with Gasteiger partial charge in [0.1, 0.15) is 24.1 Å². The largest absolute Gasteiger partial charge is 0.490 e. The average Bonchev–Trinajstić information content (AvgIpc) is 3.10. The van der Waals surface area contributed by atoms with Gasteiger partial charge in [0, 0.05) is 12.6 Å². The van der Waals surface area contributed by atoms with Crippen LogP contribution in [0.15, 0.2) is 42.5 Å². The number of likely N-dealkylation sites (N-methyl/N-ethyl adjacent to an activating group) is 1. The molecule has 6 heteroatoms. The first-order valence-corrected chi connectivity index (χ1v) is 7.66. The van der Waals surface area contributed by atoms with E-state index in [-0.39, 0.29) is 0 Å². The molecule has 0 saturated heterocycles. The van der Waals surface area contributed by atoms with E-state index < -0.39 is 0 Å². The van der Waals surface area contributed by atoms with E-state index in [2.05, 4.69) is 45.6 Å². The number of nitrogens with zero attached hydrogens (tertiary/aromatic N) is 4. The molecule has 2 heterocycles. The van der Waals surface area contributed by atoms with Crippen molar-refractivity contribution in [2.75, 3.05) is 25.1 Å². The third kappa shape index (κ3) is 2.36. The molecule has 1 aliphatic heterocycles. The van der Waals surface area contributed by atoms with Gasteiger partial charge in [-0.3, -0.25) is 0 Å². The number of hydrogen-bond acceptors (Lipinski definition) is 5. The Hall–Kier alpha value is -3.33. The van der Waals surface area contributed by atoms with Gasteiger partial charge in [-0.15, -0.1) is 5.10 Å². The number of rotatable bonds is 2. The number of fused-ring (bicyclic) bond motifs is 1. The van der Waals surface area contributed by atoms with E-state index in [0.717, 1.165) is 34.7 Å². The van der Waals surface area contributed by atoms with Gasteiger partial charge in [0.2, 0.25) is 0 Å². The molecule has 0 unspecified atom stereocenters. The summed E-state index contributed by atoms with van der Waals surface area (Å²) in [7, 11) is 2.07. The highest BCUT2D eigenvalue weighted by Crippen LogP contribution is 2.35. The smallest absolute Gasteiger partial charge is 0.190 e. The predicted molar refractivity (Wildman–Crippen MR) is 90.7 cm³/mol. The quantitative estimate of drug-likeness (QED) is 0.786. The van der Waals surface area contributed by atoms with Gasteiger partial charge in [-0.25, -0.2) is 0 Å². The fourth-order valence-corrected chi connectivity index (χ4v) is 2.89. The van der Waals surface area contributed by atoms with E-state index in [0.29, 0.717) is 18.0 Å².